The van der Waals surface area contributed by atoms with E-state index in [1.807, 2.05) is 0 Å². The molecule has 6 nitrogen and oxygen atoms in total. The number of benzene rings is 1. The van der Waals surface area contributed by atoms with Crippen molar-refractivity contribution in [3.8, 4) is 11.5 Å². The highest BCUT2D eigenvalue weighted by Gasteiger charge is 2.26. The van der Waals surface area contributed by atoms with Crippen molar-refractivity contribution in [2.24, 2.45) is 0 Å². The van der Waals surface area contributed by atoms with Gasteiger partial charge in [0, 0.05) is 18.0 Å². The van der Waals surface area contributed by atoms with E-state index in [4.69, 9.17) is 4.42 Å². The van der Waals surface area contributed by atoms with Crippen LogP contribution < -0.4 is 5.32 Å². The summed E-state index contributed by atoms with van der Waals surface area (Å²) in [7, 11) is 0. The third kappa shape index (κ3) is 4.51. The van der Waals surface area contributed by atoms with Crippen molar-refractivity contribution in [2.75, 3.05) is 26.2 Å². The second-order valence-corrected chi connectivity index (χ2v) is 6.10. The van der Waals surface area contributed by atoms with Gasteiger partial charge in [-0.25, -0.2) is 4.39 Å². The highest BCUT2D eigenvalue weighted by molar-refractivity contribution is 5.78. The summed E-state index contributed by atoms with van der Waals surface area (Å²) in [5.74, 6) is 0.910. The molecule has 1 amide bonds. The van der Waals surface area contributed by atoms with Gasteiger partial charge in [-0.15, -0.1) is 16.8 Å². The molecule has 0 saturated carbocycles. The van der Waals surface area contributed by atoms with Gasteiger partial charge in [0.15, 0.2) is 0 Å². The van der Waals surface area contributed by atoms with Crippen molar-refractivity contribution in [3.05, 3.63) is 48.6 Å². The molecular formula is C18H21FN4O2. The summed E-state index contributed by atoms with van der Waals surface area (Å²) in [6, 6.07) is 5.98. The van der Waals surface area contributed by atoms with Gasteiger partial charge in [0.1, 0.15) is 5.82 Å². The molecule has 3 rings (SSSR count). The first-order valence-corrected chi connectivity index (χ1v) is 8.35. The molecule has 1 aromatic carbocycles. The second kappa shape index (κ2) is 8.02. The zero-order valence-corrected chi connectivity index (χ0v) is 13.9. The van der Waals surface area contributed by atoms with Crippen LogP contribution in [0.1, 0.15) is 24.7 Å². The molecule has 2 heterocycles. The Morgan fingerprint density at radius 1 is 1.32 bits per heavy atom. The Balaban J connectivity index is 1.54. The van der Waals surface area contributed by atoms with E-state index in [2.05, 4.69) is 27.0 Å². The predicted molar refractivity (Wildman–Crippen MR) is 91.3 cm³/mol. The van der Waals surface area contributed by atoms with E-state index in [1.54, 1.807) is 18.2 Å². The lowest BCUT2D eigenvalue weighted by Gasteiger charge is -2.29. The third-order valence-electron chi connectivity index (χ3n) is 4.28. The van der Waals surface area contributed by atoms with Gasteiger partial charge in [0.05, 0.1) is 6.54 Å². The van der Waals surface area contributed by atoms with E-state index in [0.717, 1.165) is 25.9 Å². The van der Waals surface area contributed by atoms with Crippen LogP contribution in [0.4, 0.5) is 4.39 Å². The zero-order chi connectivity index (χ0) is 17.6. The van der Waals surface area contributed by atoms with Crippen LogP contribution in [0.3, 0.4) is 0 Å². The Labute approximate surface area is 145 Å². The fourth-order valence-electron chi connectivity index (χ4n) is 2.89. The maximum absolute atomic E-state index is 13.0. The molecule has 7 heteroatoms. The number of carbonyl (C=O) groups excluding carboxylic acids is 1. The highest BCUT2D eigenvalue weighted by atomic mass is 19.1. The average Bonchev–Trinajstić information content (AvgIpc) is 3.11. The third-order valence-corrected chi connectivity index (χ3v) is 4.28. The summed E-state index contributed by atoms with van der Waals surface area (Å²) in [6.45, 7) is 6.08. The Hall–Kier alpha value is -2.54. The highest BCUT2D eigenvalue weighted by Crippen LogP contribution is 2.29. The van der Waals surface area contributed by atoms with Crippen molar-refractivity contribution >= 4 is 5.91 Å². The number of likely N-dealkylation sites (tertiary alicyclic amines) is 1. The minimum Gasteiger partial charge on any atom is -0.420 e. The monoisotopic (exact) mass is 344 g/mol. The first-order chi connectivity index (χ1) is 12.2. The average molecular weight is 344 g/mol. The molecule has 25 heavy (non-hydrogen) atoms. The Morgan fingerprint density at radius 2 is 2.04 bits per heavy atom. The fraction of sp³-hybridized carbons (Fsp3) is 0.389. The van der Waals surface area contributed by atoms with Crippen LogP contribution in [0.15, 0.2) is 41.3 Å². The molecule has 132 valence electrons. The standard InChI is InChI=1S/C18H21FN4O2/c1-2-9-20-16(24)12-23-10-7-14(8-11-23)18-22-21-17(25-18)13-3-5-15(19)6-4-13/h2-6,14H,1,7-12H2,(H,20,24). The molecule has 1 aromatic heterocycles. The summed E-state index contributed by atoms with van der Waals surface area (Å²) in [6.07, 6.45) is 3.39. The number of nitrogens with zero attached hydrogens (tertiary/aromatic N) is 3. The minimum atomic E-state index is -0.298. The quantitative estimate of drug-likeness (QED) is 0.815. The molecule has 1 saturated heterocycles. The zero-order valence-electron chi connectivity index (χ0n) is 13.9. The molecule has 1 aliphatic rings. The van der Waals surface area contributed by atoms with Gasteiger partial charge in [-0.2, -0.15) is 0 Å². The molecule has 2 aromatic rings. The number of rotatable bonds is 6. The smallest absolute Gasteiger partial charge is 0.247 e. The Bertz CT molecular complexity index is 721. The summed E-state index contributed by atoms with van der Waals surface area (Å²) >= 11 is 0. The molecule has 1 N–H and O–H groups in total. The molecule has 0 atom stereocenters. The largest absolute Gasteiger partial charge is 0.420 e. The summed E-state index contributed by atoms with van der Waals surface area (Å²) in [5.41, 5.74) is 0.705. The van der Waals surface area contributed by atoms with Crippen molar-refractivity contribution < 1.29 is 13.6 Å². The van der Waals surface area contributed by atoms with Crippen LogP contribution in [0, 0.1) is 5.82 Å². The summed E-state index contributed by atoms with van der Waals surface area (Å²) in [4.78, 5) is 13.9. The van der Waals surface area contributed by atoms with E-state index in [1.165, 1.54) is 12.1 Å². The first kappa shape index (κ1) is 17.3. The summed E-state index contributed by atoms with van der Waals surface area (Å²) in [5, 5.41) is 11.0. The molecule has 1 aliphatic heterocycles. The number of amides is 1. The maximum atomic E-state index is 13.0. The van der Waals surface area contributed by atoms with E-state index < -0.39 is 0 Å². The Kier molecular flexibility index (Phi) is 5.55. The lowest BCUT2D eigenvalue weighted by molar-refractivity contribution is -0.122. The van der Waals surface area contributed by atoms with Crippen molar-refractivity contribution in [1.29, 1.82) is 0 Å². The molecular weight excluding hydrogens is 323 g/mol. The maximum Gasteiger partial charge on any atom is 0.247 e. The van der Waals surface area contributed by atoms with Gasteiger partial charge in [0.25, 0.3) is 0 Å². The normalized spacial score (nSPS) is 15.9. The van der Waals surface area contributed by atoms with Crippen LogP contribution >= 0.6 is 0 Å². The molecule has 0 radical (unpaired) electrons. The first-order valence-electron chi connectivity index (χ1n) is 8.35. The van der Waals surface area contributed by atoms with Crippen molar-refractivity contribution in [2.45, 2.75) is 18.8 Å². The molecule has 0 aliphatic carbocycles. The van der Waals surface area contributed by atoms with Crippen LogP contribution in [-0.4, -0.2) is 47.2 Å². The fourth-order valence-corrected chi connectivity index (χ4v) is 2.89. The lowest BCUT2D eigenvalue weighted by atomic mass is 9.97. The number of hydrogen-bond donors (Lipinski definition) is 1. The van der Waals surface area contributed by atoms with Crippen molar-refractivity contribution in [3.63, 3.8) is 0 Å². The van der Waals surface area contributed by atoms with Crippen LogP contribution in [0.5, 0.6) is 0 Å². The van der Waals surface area contributed by atoms with Gasteiger partial charge in [-0.3, -0.25) is 9.69 Å². The number of halogens is 1. The molecule has 0 unspecified atom stereocenters. The lowest BCUT2D eigenvalue weighted by Crippen LogP contribution is -2.41. The predicted octanol–water partition coefficient (Wildman–Crippen LogP) is 2.36. The van der Waals surface area contributed by atoms with E-state index in [9.17, 15) is 9.18 Å². The number of carbonyl (C=O) groups is 1. The number of piperidine rings is 1. The molecule has 0 spiro atoms. The molecule has 0 bridgehead atoms. The van der Waals surface area contributed by atoms with Crippen LogP contribution in [0.2, 0.25) is 0 Å². The van der Waals surface area contributed by atoms with Gasteiger partial charge in [0.2, 0.25) is 17.7 Å². The SMILES string of the molecule is C=CCNC(=O)CN1CCC(c2nnc(-c3ccc(F)cc3)o2)CC1. The summed E-state index contributed by atoms with van der Waals surface area (Å²) < 4.78 is 18.8. The van der Waals surface area contributed by atoms with E-state index in [-0.39, 0.29) is 17.6 Å². The minimum absolute atomic E-state index is 0.00902. The van der Waals surface area contributed by atoms with E-state index >= 15 is 0 Å². The van der Waals surface area contributed by atoms with Gasteiger partial charge in [-0.05, 0) is 50.2 Å². The van der Waals surface area contributed by atoms with Crippen LogP contribution in [-0.2, 0) is 4.79 Å². The number of hydrogen-bond acceptors (Lipinski definition) is 5. The second-order valence-electron chi connectivity index (χ2n) is 6.10. The molecule has 1 fully saturated rings. The van der Waals surface area contributed by atoms with Crippen molar-refractivity contribution in [1.82, 2.24) is 20.4 Å². The number of aromatic nitrogens is 2. The Morgan fingerprint density at radius 3 is 2.72 bits per heavy atom. The van der Waals surface area contributed by atoms with Gasteiger partial charge < -0.3 is 9.73 Å². The topological polar surface area (TPSA) is 71.3 Å². The van der Waals surface area contributed by atoms with Gasteiger partial charge in [-0.1, -0.05) is 6.08 Å². The van der Waals surface area contributed by atoms with Crippen LogP contribution in [0.25, 0.3) is 11.5 Å². The number of nitrogens with one attached hydrogen (secondary N) is 1. The van der Waals surface area contributed by atoms with Gasteiger partial charge >= 0.3 is 0 Å². The van der Waals surface area contributed by atoms with E-state index in [0.29, 0.717) is 30.4 Å².